The maximum absolute atomic E-state index is 5.47. The molecule has 0 aromatic heterocycles. The summed E-state index contributed by atoms with van der Waals surface area (Å²) in [6, 6.07) is 0.519. The lowest BCUT2D eigenvalue weighted by atomic mass is 10.0. The van der Waals surface area contributed by atoms with Crippen molar-refractivity contribution in [1.82, 2.24) is 15.5 Å². The Kier molecular flexibility index (Phi) is 9.42. The van der Waals surface area contributed by atoms with Gasteiger partial charge in [0, 0.05) is 32.2 Å². The highest BCUT2D eigenvalue weighted by Crippen LogP contribution is 2.14. The molecule has 1 heterocycles. The molecule has 1 saturated heterocycles. The minimum absolute atomic E-state index is 0.519. The van der Waals surface area contributed by atoms with Crippen LogP contribution in [0.2, 0.25) is 0 Å². The van der Waals surface area contributed by atoms with Crippen molar-refractivity contribution < 1.29 is 4.74 Å². The van der Waals surface area contributed by atoms with Crippen molar-refractivity contribution in [3.63, 3.8) is 0 Å². The smallest absolute Gasteiger partial charge is 0.191 e. The van der Waals surface area contributed by atoms with Crippen LogP contribution in [0.15, 0.2) is 4.99 Å². The number of ether oxygens (including phenoxy) is 1. The summed E-state index contributed by atoms with van der Waals surface area (Å²) < 4.78 is 5.47. The van der Waals surface area contributed by atoms with Gasteiger partial charge in [-0.25, -0.2) is 0 Å². The predicted octanol–water partition coefficient (Wildman–Crippen LogP) is 1.70. The lowest BCUT2D eigenvalue weighted by Crippen LogP contribution is -2.46. The van der Waals surface area contributed by atoms with Crippen molar-refractivity contribution in [2.45, 2.75) is 46.6 Å². The highest BCUT2D eigenvalue weighted by Gasteiger charge is 2.21. The minimum atomic E-state index is 0.519. The van der Waals surface area contributed by atoms with E-state index in [1.165, 1.54) is 6.42 Å². The fourth-order valence-electron chi connectivity index (χ4n) is 2.61. The molecule has 5 nitrogen and oxygen atoms in total. The van der Waals surface area contributed by atoms with Gasteiger partial charge in [0.15, 0.2) is 5.96 Å². The lowest BCUT2D eigenvalue weighted by molar-refractivity contribution is 0.0143. The summed E-state index contributed by atoms with van der Waals surface area (Å²) >= 11 is 0. The summed E-state index contributed by atoms with van der Waals surface area (Å²) in [7, 11) is 0. The highest BCUT2D eigenvalue weighted by atomic mass is 16.5. The zero-order valence-corrected chi connectivity index (χ0v) is 14.3. The molecule has 1 rings (SSSR count). The standard InChI is InChI=1S/C16H34N4O/c1-5-7-18-16(17-6-2)19-13-15(12-14(3)4)20-8-10-21-11-9-20/h14-15H,5-13H2,1-4H3,(H2,17,18,19). The Morgan fingerprint density at radius 1 is 1.19 bits per heavy atom. The third-order valence-corrected chi connectivity index (χ3v) is 3.65. The molecule has 0 radical (unpaired) electrons. The Labute approximate surface area is 130 Å². The molecule has 0 aromatic rings. The van der Waals surface area contributed by atoms with Gasteiger partial charge in [-0.1, -0.05) is 20.8 Å². The average molecular weight is 298 g/mol. The van der Waals surface area contributed by atoms with Gasteiger partial charge in [-0.2, -0.15) is 0 Å². The summed E-state index contributed by atoms with van der Waals surface area (Å²) in [5.41, 5.74) is 0. The van der Waals surface area contributed by atoms with Crippen molar-refractivity contribution >= 4 is 5.96 Å². The molecule has 1 atom stereocenters. The van der Waals surface area contributed by atoms with Gasteiger partial charge in [0.2, 0.25) is 0 Å². The van der Waals surface area contributed by atoms with Crippen LogP contribution in [-0.4, -0.2) is 62.8 Å². The molecule has 5 heteroatoms. The van der Waals surface area contributed by atoms with Crippen LogP contribution in [0.4, 0.5) is 0 Å². The van der Waals surface area contributed by atoms with Gasteiger partial charge in [-0.3, -0.25) is 9.89 Å². The SMILES string of the molecule is CCCNC(=NCC(CC(C)C)N1CCOCC1)NCC. The first-order valence-corrected chi connectivity index (χ1v) is 8.51. The van der Waals surface area contributed by atoms with Crippen molar-refractivity contribution in [3.05, 3.63) is 0 Å². The predicted molar refractivity (Wildman–Crippen MR) is 89.9 cm³/mol. The van der Waals surface area contributed by atoms with Crippen LogP contribution >= 0.6 is 0 Å². The van der Waals surface area contributed by atoms with Gasteiger partial charge in [0.05, 0.1) is 19.8 Å². The number of nitrogens with zero attached hydrogens (tertiary/aromatic N) is 2. The molecule has 1 aliphatic rings. The maximum atomic E-state index is 5.47. The second kappa shape index (κ2) is 10.9. The summed E-state index contributed by atoms with van der Waals surface area (Å²) in [6.45, 7) is 15.4. The van der Waals surface area contributed by atoms with E-state index in [2.05, 4.69) is 43.2 Å². The Morgan fingerprint density at radius 2 is 1.90 bits per heavy atom. The van der Waals surface area contributed by atoms with Gasteiger partial charge >= 0.3 is 0 Å². The number of aliphatic imine (C=N–C) groups is 1. The van der Waals surface area contributed by atoms with E-state index >= 15 is 0 Å². The molecule has 2 N–H and O–H groups in total. The van der Waals surface area contributed by atoms with Gasteiger partial charge < -0.3 is 15.4 Å². The molecule has 0 bridgehead atoms. The van der Waals surface area contributed by atoms with Crippen LogP contribution in [-0.2, 0) is 4.74 Å². The van der Waals surface area contributed by atoms with Gasteiger partial charge in [-0.15, -0.1) is 0 Å². The molecular weight excluding hydrogens is 264 g/mol. The number of morpholine rings is 1. The minimum Gasteiger partial charge on any atom is -0.379 e. The number of hydrogen-bond acceptors (Lipinski definition) is 3. The molecule has 0 aliphatic carbocycles. The fourth-order valence-corrected chi connectivity index (χ4v) is 2.61. The fraction of sp³-hybridized carbons (Fsp3) is 0.938. The molecule has 124 valence electrons. The third-order valence-electron chi connectivity index (χ3n) is 3.65. The lowest BCUT2D eigenvalue weighted by Gasteiger charge is -2.34. The quantitative estimate of drug-likeness (QED) is 0.529. The van der Waals surface area contributed by atoms with Crippen molar-refractivity contribution in [1.29, 1.82) is 0 Å². The van der Waals surface area contributed by atoms with Crippen molar-refractivity contribution in [2.24, 2.45) is 10.9 Å². The molecule has 0 amide bonds. The summed E-state index contributed by atoms with van der Waals surface area (Å²) in [6.07, 6.45) is 2.31. The first-order chi connectivity index (χ1) is 10.2. The van der Waals surface area contributed by atoms with Crippen LogP contribution in [0.25, 0.3) is 0 Å². The van der Waals surface area contributed by atoms with Gasteiger partial charge in [-0.05, 0) is 25.7 Å². The molecule has 0 spiro atoms. The summed E-state index contributed by atoms with van der Waals surface area (Å²) in [5.74, 6) is 1.64. The van der Waals surface area contributed by atoms with Gasteiger partial charge in [0.1, 0.15) is 0 Å². The maximum Gasteiger partial charge on any atom is 0.191 e. The van der Waals surface area contributed by atoms with E-state index in [1.807, 2.05) is 0 Å². The van der Waals surface area contributed by atoms with Gasteiger partial charge in [0.25, 0.3) is 0 Å². The number of hydrogen-bond donors (Lipinski definition) is 2. The second-order valence-corrected chi connectivity index (χ2v) is 6.08. The van der Waals surface area contributed by atoms with Crippen LogP contribution in [0.1, 0.15) is 40.5 Å². The summed E-state index contributed by atoms with van der Waals surface area (Å²) in [5, 5.41) is 6.70. The summed E-state index contributed by atoms with van der Waals surface area (Å²) in [4.78, 5) is 7.33. The zero-order chi connectivity index (χ0) is 15.5. The normalized spacial score (nSPS) is 18.8. The van der Waals surface area contributed by atoms with Crippen molar-refractivity contribution in [3.8, 4) is 0 Å². The molecule has 0 saturated carbocycles. The van der Waals surface area contributed by atoms with E-state index < -0.39 is 0 Å². The van der Waals surface area contributed by atoms with E-state index in [1.54, 1.807) is 0 Å². The van der Waals surface area contributed by atoms with Crippen LogP contribution in [0.3, 0.4) is 0 Å². The van der Waals surface area contributed by atoms with E-state index in [0.717, 1.165) is 58.3 Å². The highest BCUT2D eigenvalue weighted by molar-refractivity contribution is 5.79. The van der Waals surface area contributed by atoms with E-state index in [4.69, 9.17) is 9.73 Å². The molecule has 1 fully saturated rings. The zero-order valence-electron chi connectivity index (χ0n) is 14.3. The largest absolute Gasteiger partial charge is 0.379 e. The average Bonchev–Trinajstić information content (AvgIpc) is 2.49. The number of guanidine groups is 1. The molecule has 1 unspecified atom stereocenters. The molecule has 1 aliphatic heterocycles. The molecule has 0 aromatic carbocycles. The Balaban J connectivity index is 2.59. The van der Waals surface area contributed by atoms with Crippen LogP contribution in [0.5, 0.6) is 0 Å². The van der Waals surface area contributed by atoms with Crippen LogP contribution in [0, 0.1) is 5.92 Å². The van der Waals surface area contributed by atoms with Crippen LogP contribution < -0.4 is 10.6 Å². The first-order valence-electron chi connectivity index (χ1n) is 8.51. The molecular formula is C16H34N4O. The Hall–Kier alpha value is -0.810. The topological polar surface area (TPSA) is 48.9 Å². The second-order valence-electron chi connectivity index (χ2n) is 6.08. The molecule has 21 heavy (non-hydrogen) atoms. The van der Waals surface area contributed by atoms with Crippen molar-refractivity contribution in [2.75, 3.05) is 45.9 Å². The van der Waals surface area contributed by atoms with E-state index in [0.29, 0.717) is 12.0 Å². The Morgan fingerprint density at radius 3 is 2.48 bits per heavy atom. The third kappa shape index (κ3) is 7.67. The number of nitrogens with one attached hydrogen (secondary N) is 2. The number of rotatable bonds is 8. The first kappa shape index (κ1) is 18.2. The van der Waals surface area contributed by atoms with E-state index in [9.17, 15) is 0 Å². The Bertz CT molecular complexity index is 288. The monoisotopic (exact) mass is 298 g/mol. The van der Waals surface area contributed by atoms with E-state index in [-0.39, 0.29) is 0 Å².